The van der Waals surface area contributed by atoms with Crippen molar-refractivity contribution in [2.75, 3.05) is 51.3 Å². The summed E-state index contributed by atoms with van der Waals surface area (Å²) in [6.45, 7) is 6.07. The van der Waals surface area contributed by atoms with Crippen LogP contribution in [0.5, 0.6) is 11.5 Å². The molecular weight excluding hydrogens is 404 g/mol. The first-order valence-electron chi connectivity index (χ1n) is 12.0. The SMILES string of the molecule is COc1cc2c(cc1OCCCN1CCCC1)[nH]c1ccnc(N3CC4CCC(C3)O4)c12. The van der Waals surface area contributed by atoms with Gasteiger partial charge in [0, 0.05) is 37.3 Å². The first-order chi connectivity index (χ1) is 15.8. The van der Waals surface area contributed by atoms with Crippen LogP contribution < -0.4 is 14.4 Å². The third-order valence-corrected chi connectivity index (χ3v) is 7.19. The first kappa shape index (κ1) is 20.1. The van der Waals surface area contributed by atoms with Crippen molar-refractivity contribution < 1.29 is 14.2 Å². The lowest BCUT2D eigenvalue weighted by Gasteiger charge is -2.33. The molecule has 1 N–H and O–H groups in total. The van der Waals surface area contributed by atoms with Crippen molar-refractivity contribution in [1.82, 2.24) is 14.9 Å². The van der Waals surface area contributed by atoms with Crippen LogP contribution in [0.2, 0.25) is 0 Å². The van der Waals surface area contributed by atoms with Crippen LogP contribution in [-0.2, 0) is 4.74 Å². The van der Waals surface area contributed by atoms with Gasteiger partial charge in [-0.3, -0.25) is 0 Å². The minimum absolute atomic E-state index is 0.325. The highest BCUT2D eigenvalue weighted by atomic mass is 16.5. The number of likely N-dealkylation sites (tertiary alicyclic amines) is 1. The summed E-state index contributed by atoms with van der Waals surface area (Å²) < 4.78 is 17.9. The largest absolute Gasteiger partial charge is 0.493 e. The third-order valence-electron chi connectivity index (χ3n) is 7.19. The minimum Gasteiger partial charge on any atom is -0.493 e. The first-order valence-corrected chi connectivity index (χ1v) is 12.0. The van der Waals surface area contributed by atoms with Crippen molar-refractivity contribution in [3.05, 3.63) is 24.4 Å². The summed E-state index contributed by atoms with van der Waals surface area (Å²) in [5, 5.41) is 2.28. The molecule has 0 radical (unpaired) electrons. The van der Waals surface area contributed by atoms with Gasteiger partial charge in [-0.1, -0.05) is 0 Å². The summed E-state index contributed by atoms with van der Waals surface area (Å²) in [6.07, 6.45) is 8.54. The van der Waals surface area contributed by atoms with Gasteiger partial charge in [0.25, 0.3) is 0 Å². The number of H-pyrrole nitrogens is 1. The number of methoxy groups -OCH3 is 1. The summed E-state index contributed by atoms with van der Waals surface area (Å²) >= 11 is 0. The van der Waals surface area contributed by atoms with Crippen molar-refractivity contribution in [3.63, 3.8) is 0 Å². The Morgan fingerprint density at radius 3 is 2.69 bits per heavy atom. The standard InChI is InChI=1S/C25H32N4O3/c1-30-22-13-19-21(14-23(22)31-12-4-11-28-9-2-3-10-28)27-20-7-8-26-25(24(19)20)29-15-17-5-6-18(16-29)32-17/h7-8,13-14,17-18,27H,2-6,9-12,15-16H2,1H3. The molecule has 5 heterocycles. The molecule has 32 heavy (non-hydrogen) atoms. The molecule has 7 heteroatoms. The van der Waals surface area contributed by atoms with Crippen LogP contribution in [0.1, 0.15) is 32.1 Å². The minimum atomic E-state index is 0.325. The quantitative estimate of drug-likeness (QED) is 0.566. The van der Waals surface area contributed by atoms with Crippen LogP contribution in [0.3, 0.4) is 0 Å². The Morgan fingerprint density at radius 2 is 1.91 bits per heavy atom. The molecule has 0 saturated carbocycles. The number of nitrogens with one attached hydrogen (secondary N) is 1. The van der Waals surface area contributed by atoms with E-state index in [0.29, 0.717) is 18.8 Å². The number of aromatic nitrogens is 2. The number of morpholine rings is 1. The highest BCUT2D eigenvalue weighted by molar-refractivity contribution is 6.13. The highest BCUT2D eigenvalue weighted by Gasteiger charge is 2.35. The fourth-order valence-corrected chi connectivity index (χ4v) is 5.61. The van der Waals surface area contributed by atoms with Crippen molar-refractivity contribution in [2.45, 2.75) is 44.3 Å². The summed E-state index contributed by atoms with van der Waals surface area (Å²) in [4.78, 5) is 13.3. The van der Waals surface area contributed by atoms with E-state index in [1.807, 2.05) is 6.20 Å². The number of hydrogen-bond acceptors (Lipinski definition) is 6. The molecule has 170 valence electrons. The van der Waals surface area contributed by atoms with Crippen molar-refractivity contribution >= 4 is 27.6 Å². The summed E-state index contributed by atoms with van der Waals surface area (Å²) in [5.41, 5.74) is 2.15. The zero-order chi connectivity index (χ0) is 21.5. The predicted molar refractivity (Wildman–Crippen MR) is 126 cm³/mol. The van der Waals surface area contributed by atoms with Crippen LogP contribution in [0, 0.1) is 0 Å². The number of anilines is 1. The number of nitrogens with zero attached hydrogens (tertiary/aromatic N) is 3. The number of ether oxygens (including phenoxy) is 3. The predicted octanol–water partition coefficient (Wildman–Crippen LogP) is 3.96. The molecule has 0 spiro atoms. The van der Waals surface area contributed by atoms with E-state index in [-0.39, 0.29) is 0 Å². The maximum atomic E-state index is 6.16. The number of fused-ring (bicyclic) bond motifs is 5. The molecule has 3 aliphatic heterocycles. The van der Waals surface area contributed by atoms with Gasteiger partial charge in [-0.2, -0.15) is 0 Å². The van der Waals surface area contributed by atoms with Gasteiger partial charge < -0.3 is 29.0 Å². The lowest BCUT2D eigenvalue weighted by molar-refractivity contribution is 0.0303. The van der Waals surface area contributed by atoms with Crippen LogP contribution in [-0.4, -0.2) is 73.5 Å². The molecule has 2 unspecified atom stereocenters. The van der Waals surface area contributed by atoms with E-state index >= 15 is 0 Å². The number of pyridine rings is 1. The number of hydrogen-bond donors (Lipinski definition) is 1. The monoisotopic (exact) mass is 436 g/mol. The molecule has 3 aliphatic rings. The average molecular weight is 437 g/mol. The molecule has 2 aromatic heterocycles. The van der Waals surface area contributed by atoms with Gasteiger partial charge in [0.1, 0.15) is 5.82 Å². The Balaban J connectivity index is 1.28. The molecule has 0 amide bonds. The van der Waals surface area contributed by atoms with Crippen molar-refractivity contribution in [3.8, 4) is 11.5 Å². The average Bonchev–Trinajstić information content (AvgIpc) is 3.54. The molecular formula is C25H32N4O3. The third kappa shape index (κ3) is 3.67. The van der Waals surface area contributed by atoms with E-state index in [4.69, 9.17) is 19.2 Å². The summed E-state index contributed by atoms with van der Waals surface area (Å²) in [7, 11) is 1.71. The molecule has 7 nitrogen and oxygen atoms in total. The van der Waals surface area contributed by atoms with Crippen LogP contribution >= 0.6 is 0 Å². The van der Waals surface area contributed by atoms with Gasteiger partial charge >= 0.3 is 0 Å². The maximum Gasteiger partial charge on any atom is 0.163 e. The van der Waals surface area contributed by atoms with Crippen molar-refractivity contribution in [2.24, 2.45) is 0 Å². The highest BCUT2D eigenvalue weighted by Crippen LogP contribution is 2.40. The second-order valence-corrected chi connectivity index (χ2v) is 9.34. The Bertz CT molecular complexity index is 1100. The maximum absolute atomic E-state index is 6.16. The normalized spacial score (nSPS) is 23.5. The molecule has 6 rings (SSSR count). The van der Waals surface area contributed by atoms with Crippen molar-refractivity contribution in [1.29, 1.82) is 0 Å². The lowest BCUT2D eigenvalue weighted by atomic mass is 10.1. The van der Waals surface area contributed by atoms with E-state index < -0.39 is 0 Å². The lowest BCUT2D eigenvalue weighted by Crippen LogP contribution is -2.43. The molecule has 2 atom stereocenters. The number of aromatic amines is 1. The van der Waals surface area contributed by atoms with E-state index in [0.717, 1.165) is 78.0 Å². The summed E-state index contributed by atoms with van der Waals surface area (Å²) in [5.74, 6) is 2.61. The van der Waals surface area contributed by atoms with Gasteiger partial charge in [0.2, 0.25) is 0 Å². The Kier molecular flexibility index (Phi) is 5.31. The Morgan fingerprint density at radius 1 is 1.09 bits per heavy atom. The van der Waals surface area contributed by atoms with Crippen LogP contribution in [0.4, 0.5) is 5.82 Å². The fraction of sp³-hybridized carbons (Fsp3) is 0.560. The van der Waals surface area contributed by atoms with Crippen LogP contribution in [0.15, 0.2) is 24.4 Å². The van der Waals surface area contributed by atoms with Gasteiger partial charge in [0.15, 0.2) is 11.5 Å². The van der Waals surface area contributed by atoms with Gasteiger partial charge in [-0.25, -0.2) is 4.98 Å². The van der Waals surface area contributed by atoms with Gasteiger partial charge in [-0.05, 0) is 57.3 Å². The zero-order valence-electron chi connectivity index (χ0n) is 18.8. The summed E-state index contributed by atoms with van der Waals surface area (Å²) in [6, 6.07) is 6.23. The topological polar surface area (TPSA) is 62.9 Å². The zero-order valence-corrected chi connectivity index (χ0v) is 18.8. The Hall–Kier alpha value is -2.51. The molecule has 3 aromatic rings. The smallest absolute Gasteiger partial charge is 0.163 e. The van der Waals surface area contributed by atoms with E-state index in [1.165, 1.54) is 25.9 Å². The number of benzene rings is 1. The molecule has 2 bridgehead atoms. The van der Waals surface area contributed by atoms with Gasteiger partial charge in [-0.15, -0.1) is 0 Å². The second-order valence-electron chi connectivity index (χ2n) is 9.34. The molecule has 1 aromatic carbocycles. The van der Waals surface area contributed by atoms with Crippen LogP contribution in [0.25, 0.3) is 21.8 Å². The van der Waals surface area contributed by atoms with E-state index in [9.17, 15) is 0 Å². The number of rotatable bonds is 7. The van der Waals surface area contributed by atoms with E-state index in [2.05, 4.69) is 33.0 Å². The molecule has 3 fully saturated rings. The molecule has 3 saturated heterocycles. The van der Waals surface area contributed by atoms with E-state index in [1.54, 1.807) is 7.11 Å². The fourth-order valence-electron chi connectivity index (χ4n) is 5.61. The Labute approximate surface area is 188 Å². The molecule has 0 aliphatic carbocycles. The van der Waals surface area contributed by atoms with Gasteiger partial charge in [0.05, 0.1) is 42.3 Å². The second kappa shape index (κ2) is 8.45.